The van der Waals surface area contributed by atoms with Crippen LogP contribution in [0, 0.1) is 0 Å². The summed E-state index contributed by atoms with van der Waals surface area (Å²) >= 11 is 8.92. The minimum absolute atomic E-state index is 0.0628. The minimum atomic E-state index is 0.0628. The largest absolute Gasteiger partial charge is 0.355 e. The van der Waals surface area contributed by atoms with E-state index in [0.717, 1.165) is 18.4 Å². The van der Waals surface area contributed by atoms with Gasteiger partial charge in [-0.1, -0.05) is 35.7 Å². The zero-order chi connectivity index (χ0) is 9.94. The van der Waals surface area contributed by atoms with Crippen molar-refractivity contribution in [2.75, 3.05) is 24.6 Å². The molecule has 0 bridgehead atoms. The third kappa shape index (κ3) is 9.01. The normalized spacial score (nSPS) is 13.2. The number of halogens is 2. The third-order valence-corrected chi connectivity index (χ3v) is 2.69. The van der Waals surface area contributed by atoms with Crippen molar-refractivity contribution in [3.63, 3.8) is 0 Å². The fraction of sp³-hybridized carbons (Fsp3) is 1.00. The fourth-order valence-corrected chi connectivity index (χ4v) is 1.67. The number of hydrogen-bond donors (Lipinski definition) is 0. The number of hydrogen-bond acceptors (Lipinski definition) is 2. The van der Waals surface area contributed by atoms with Gasteiger partial charge < -0.3 is 9.47 Å². The van der Waals surface area contributed by atoms with Gasteiger partial charge in [-0.25, -0.2) is 0 Å². The third-order valence-electron chi connectivity index (χ3n) is 1.62. The van der Waals surface area contributed by atoms with Crippen molar-refractivity contribution in [1.82, 2.24) is 0 Å². The molecule has 0 aromatic rings. The minimum Gasteiger partial charge on any atom is -0.355 e. The fourth-order valence-electron chi connectivity index (χ4n) is 0.788. The van der Waals surface area contributed by atoms with E-state index in [2.05, 4.69) is 22.9 Å². The summed E-state index contributed by atoms with van der Waals surface area (Å²) in [6.45, 7) is 3.31. The standard InChI is InChI=1S/C9H18BrClO2/c1-2-3-4-5-12-8-13-9(6-10)7-11/h9H,2-8H2,1H3. The van der Waals surface area contributed by atoms with Crippen LogP contribution in [0.3, 0.4) is 0 Å². The maximum Gasteiger partial charge on any atom is 0.147 e. The van der Waals surface area contributed by atoms with Crippen molar-refractivity contribution in [2.45, 2.75) is 32.3 Å². The molecule has 0 aliphatic carbocycles. The Kier molecular flexibility index (Phi) is 11.3. The van der Waals surface area contributed by atoms with Crippen molar-refractivity contribution in [1.29, 1.82) is 0 Å². The summed E-state index contributed by atoms with van der Waals surface area (Å²) in [5, 5.41) is 0.759. The van der Waals surface area contributed by atoms with Crippen molar-refractivity contribution in [3.8, 4) is 0 Å². The van der Waals surface area contributed by atoms with Crippen LogP contribution in [0.1, 0.15) is 26.2 Å². The molecular formula is C9H18BrClO2. The maximum atomic E-state index is 5.62. The van der Waals surface area contributed by atoms with Gasteiger partial charge in [0, 0.05) is 17.8 Å². The van der Waals surface area contributed by atoms with Gasteiger partial charge in [0.2, 0.25) is 0 Å². The van der Waals surface area contributed by atoms with Gasteiger partial charge >= 0.3 is 0 Å². The van der Waals surface area contributed by atoms with Crippen LogP contribution in [0.5, 0.6) is 0 Å². The lowest BCUT2D eigenvalue weighted by molar-refractivity contribution is -0.0763. The quantitative estimate of drug-likeness (QED) is 0.365. The van der Waals surface area contributed by atoms with Crippen LogP contribution >= 0.6 is 27.5 Å². The average molecular weight is 274 g/mol. The predicted octanol–water partition coefficient (Wildman–Crippen LogP) is 3.17. The van der Waals surface area contributed by atoms with Crippen LogP contribution in [-0.4, -0.2) is 30.7 Å². The number of unbranched alkanes of at least 4 members (excludes halogenated alkanes) is 2. The Morgan fingerprint density at radius 2 is 2.15 bits per heavy atom. The molecule has 0 aromatic heterocycles. The van der Waals surface area contributed by atoms with Crippen molar-refractivity contribution < 1.29 is 9.47 Å². The van der Waals surface area contributed by atoms with Crippen molar-refractivity contribution >= 4 is 27.5 Å². The molecule has 0 N–H and O–H groups in total. The van der Waals surface area contributed by atoms with Crippen LogP contribution < -0.4 is 0 Å². The first-order chi connectivity index (χ1) is 6.35. The van der Waals surface area contributed by atoms with Gasteiger partial charge in [0.15, 0.2) is 0 Å². The molecule has 1 unspecified atom stereocenters. The molecule has 0 spiro atoms. The summed E-state index contributed by atoms with van der Waals surface area (Å²) in [5.41, 5.74) is 0. The van der Waals surface area contributed by atoms with E-state index in [1.54, 1.807) is 0 Å². The van der Waals surface area contributed by atoms with Gasteiger partial charge in [0.1, 0.15) is 6.79 Å². The van der Waals surface area contributed by atoms with E-state index in [4.69, 9.17) is 21.1 Å². The molecule has 2 nitrogen and oxygen atoms in total. The highest BCUT2D eigenvalue weighted by molar-refractivity contribution is 9.09. The first-order valence-electron chi connectivity index (χ1n) is 4.66. The molecule has 0 aromatic carbocycles. The van der Waals surface area contributed by atoms with Crippen LogP contribution in [0.2, 0.25) is 0 Å². The molecule has 0 aliphatic rings. The highest BCUT2D eigenvalue weighted by atomic mass is 79.9. The second kappa shape index (κ2) is 10.8. The molecule has 0 heterocycles. The maximum absolute atomic E-state index is 5.62. The summed E-state index contributed by atoms with van der Waals surface area (Å²) in [6.07, 6.45) is 3.61. The molecule has 0 amide bonds. The SMILES string of the molecule is CCCCCOCOC(CCl)CBr. The van der Waals surface area contributed by atoms with Gasteiger partial charge in [-0.2, -0.15) is 0 Å². The summed E-state index contributed by atoms with van der Waals surface area (Å²) in [5.74, 6) is 0.504. The highest BCUT2D eigenvalue weighted by Gasteiger charge is 2.04. The predicted molar refractivity (Wildman–Crippen MR) is 59.7 cm³/mol. The summed E-state index contributed by atoms with van der Waals surface area (Å²) in [7, 11) is 0. The summed E-state index contributed by atoms with van der Waals surface area (Å²) in [6, 6.07) is 0. The molecule has 80 valence electrons. The van der Waals surface area contributed by atoms with Crippen LogP contribution in [0.15, 0.2) is 0 Å². The van der Waals surface area contributed by atoms with Gasteiger partial charge in [0.05, 0.1) is 6.10 Å². The Morgan fingerprint density at radius 1 is 1.38 bits per heavy atom. The molecule has 0 aliphatic heterocycles. The zero-order valence-electron chi connectivity index (χ0n) is 8.10. The Morgan fingerprint density at radius 3 is 2.69 bits per heavy atom. The first kappa shape index (κ1) is 13.7. The lowest BCUT2D eigenvalue weighted by Crippen LogP contribution is -2.18. The number of alkyl halides is 2. The Hall–Kier alpha value is 0.690. The van der Waals surface area contributed by atoms with Gasteiger partial charge in [0.25, 0.3) is 0 Å². The van der Waals surface area contributed by atoms with E-state index in [9.17, 15) is 0 Å². The molecule has 0 fully saturated rings. The molecule has 0 saturated heterocycles. The number of rotatable bonds is 9. The molecular weight excluding hydrogens is 255 g/mol. The molecule has 0 rings (SSSR count). The van der Waals surface area contributed by atoms with Gasteiger partial charge in [-0.3, -0.25) is 0 Å². The van der Waals surface area contributed by atoms with Crippen LogP contribution in [0.4, 0.5) is 0 Å². The van der Waals surface area contributed by atoms with E-state index in [0.29, 0.717) is 12.7 Å². The van der Waals surface area contributed by atoms with E-state index in [1.165, 1.54) is 12.8 Å². The molecule has 4 heteroatoms. The lowest BCUT2D eigenvalue weighted by Gasteiger charge is -2.11. The summed E-state index contributed by atoms with van der Waals surface area (Å²) < 4.78 is 10.6. The second-order valence-corrected chi connectivity index (χ2v) is 3.79. The van der Waals surface area contributed by atoms with Gasteiger partial charge in [-0.05, 0) is 6.42 Å². The second-order valence-electron chi connectivity index (χ2n) is 2.83. The zero-order valence-corrected chi connectivity index (χ0v) is 10.4. The molecule has 0 radical (unpaired) electrons. The Bertz CT molecular complexity index is 99.6. The topological polar surface area (TPSA) is 18.5 Å². The van der Waals surface area contributed by atoms with E-state index >= 15 is 0 Å². The molecule has 1 atom stereocenters. The number of ether oxygens (including phenoxy) is 2. The van der Waals surface area contributed by atoms with E-state index in [1.807, 2.05) is 0 Å². The Balaban J connectivity index is 3.05. The lowest BCUT2D eigenvalue weighted by atomic mass is 10.3. The monoisotopic (exact) mass is 272 g/mol. The summed E-state index contributed by atoms with van der Waals surface area (Å²) in [4.78, 5) is 0. The molecule has 0 saturated carbocycles. The van der Waals surface area contributed by atoms with E-state index < -0.39 is 0 Å². The van der Waals surface area contributed by atoms with Gasteiger partial charge in [-0.15, -0.1) is 11.6 Å². The smallest absolute Gasteiger partial charge is 0.147 e. The van der Waals surface area contributed by atoms with Crippen LogP contribution in [-0.2, 0) is 9.47 Å². The average Bonchev–Trinajstić information content (AvgIpc) is 2.17. The highest BCUT2D eigenvalue weighted by Crippen LogP contribution is 2.01. The first-order valence-corrected chi connectivity index (χ1v) is 6.32. The Labute approximate surface area is 94.1 Å². The van der Waals surface area contributed by atoms with Crippen LogP contribution in [0.25, 0.3) is 0 Å². The van der Waals surface area contributed by atoms with Crippen molar-refractivity contribution in [3.05, 3.63) is 0 Å². The van der Waals surface area contributed by atoms with E-state index in [-0.39, 0.29) is 6.10 Å². The van der Waals surface area contributed by atoms with Crippen molar-refractivity contribution in [2.24, 2.45) is 0 Å². The molecule has 13 heavy (non-hydrogen) atoms.